The van der Waals surface area contributed by atoms with Crippen LogP contribution in [0.2, 0.25) is 0 Å². The highest BCUT2D eigenvalue weighted by Crippen LogP contribution is 2.36. The Kier molecular flexibility index (Phi) is 20.7. The summed E-state index contributed by atoms with van der Waals surface area (Å²) in [6, 6.07) is 0. The van der Waals surface area contributed by atoms with Crippen molar-refractivity contribution in [2.75, 3.05) is 34.0 Å². The molecule has 0 radical (unpaired) electrons. The van der Waals surface area contributed by atoms with Gasteiger partial charge in [-0.25, -0.2) is 0 Å². The molecule has 3 heterocycles. The number of esters is 1. The number of ether oxygens (including phenoxy) is 9. The second-order valence-corrected chi connectivity index (χ2v) is 15.9. The maximum atomic E-state index is 13.8. The number of rotatable bonds is 14. The summed E-state index contributed by atoms with van der Waals surface area (Å²) in [4.78, 5) is 27.5. The molecule has 0 aliphatic carbocycles. The van der Waals surface area contributed by atoms with Gasteiger partial charge in [-0.1, -0.05) is 45.4 Å². The Morgan fingerprint density at radius 2 is 1.40 bits per heavy atom. The van der Waals surface area contributed by atoms with Crippen LogP contribution in [0, 0.1) is 29.6 Å². The van der Waals surface area contributed by atoms with E-state index in [9.17, 15) is 30.0 Å². The Balaban J connectivity index is 2.02. The van der Waals surface area contributed by atoms with Gasteiger partial charge in [0.15, 0.2) is 24.7 Å². The third-order valence-electron chi connectivity index (χ3n) is 11.7. The van der Waals surface area contributed by atoms with E-state index >= 15 is 0 Å². The summed E-state index contributed by atoms with van der Waals surface area (Å²) in [5.41, 5.74) is 0.727. The summed E-state index contributed by atoms with van der Waals surface area (Å²) in [6.07, 6.45) is -5.65. The first kappa shape index (κ1) is 49.5. The molecule has 0 saturated carbocycles. The van der Waals surface area contributed by atoms with Crippen molar-refractivity contribution in [3.63, 3.8) is 0 Å². The smallest absolute Gasteiger partial charge is 0.308 e. The second kappa shape index (κ2) is 23.8. The van der Waals surface area contributed by atoms with Crippen LogP contribution in [0.15, 0.2) is 23.8 Å². The lowest BCUT2D eigenvalue weighted by atomic mass is 9.79. The maximum Gasteiger partial charge on any atom is 0.308 e. The van der Waals surface area contributed by atoms with E-state index in [1.165, 1.54) is 20.3 Å². The molecule has 15 heteroatoms. The lowest BCUT2D eigenvalue weighted by Gasteiger charge is -2.44. The van der Waals surface area contributed by atoms with Crippen LogP contribution in [0.3, 0.4) is 0 Å². The zero-order chi connectivity index (χ0) is 42.6. The molecule has 3 aliphatic rings. The van der Waals surface area contributed by atoms with Gasteiger partial charge in [0, 0.05) is 57.5 Å². The molecule has 3 rings (SSSR count). The number of cyclic esters (lactones) is 1. The largest absolute Gasteiger partial charge is 0.462 e. The van der Waals surface area contributed by atoms with Crippen molar-refractivity contribution < 1.29 is 72.6 Å². The van der Waals surface area contributed by atoms with Crippen LogP contribution in [0.1, 0.15) is 88.0 Å². The molecule has 330 valence electrons. The Labute approximate surface area is 339 Å². The molecule has 2 fully saturated rings. The van der Waals surface area contributed by atoms with E-state index in [2.05, 4.69) is 0 Å². The number of hydrogen-bond acceptors (Lipinski definition) is 15. The van der Waals surface area contributed by atoms with Gasteiger partial charge < -0.3 is 63.1 Å². The molecule has 0 aromatic heterocycles. The summed E-state index contributed by atoms with van der Waals surface area (Å²) in [5, 5.41) is 44.2. The van der Waals surface area contributed by atoms with E-state index in [1.54, 1.807) is 33.8 Å². The van der Waals surface area contributed by atoms with Gasteiger partial charge in [-0.05, 0) is 59.5 Å². The average Bonchev–Trinajstić information content (AvgIpc) is 3.17. The van der Waals surface area contributed by atoms with E-state index in [-0.39, 0.29) is 31.7 Å². The molecule has 1 unspecified atom stereocenters. The van der Waals surface area contributed by atoms with E-state index in [1.807, 2.05) is 40.7 Å². The van der Waals surface area contributed by atoms with E-state index < -0.39 is 115 Å². The third-order valence-corrected chi connectivity index (χ3v) is 11.7. The maximum absolute atomic E-state index is 13.8. The monoisotopic (exact) mass is 816 g/mol. The number of aliphatic hydroxyl groups excluding tert-OH is 4. The van der Waals surface area contributed by atoms with Crippen LogP contribution < -0.4 is 0 Å². The third kappa shape index (κ3) is 13.6. The van der Waals surface area contributed by atoms with Crippen LogP contribution in [-0.4, -0.2) is 146 Å². The fraction of sp³-hybridized carbons (Fsp3) is 0.857. The first-order valence-electron chi connectivity index (χ1n) is 20.7. The normalized spacial score (nSPS) is 42.0. The fourth-order valence-corrected chi connectivity index (χ4v) is 8.06. The topological polar surface area (TPSA) is 198 Å². The molecule has 15 nitrogen and oxygen atoms in total. The first-order valence-corrected chi connectivity index (χ1v) is 20.7. The minimum Gasteiger partial charge on any atom is -0.462 e. The number of carbonyl (C=O) groups is 2. The summed E-state index contributed by atoms with van der Waals surface area (Å²) in [6.45, 7) is 16.9. The van der Waals surface area contributed by atoms with Crippen molar-refractivity contribution in [2.24, 2.45) is 29.6 Å². The quantitative estimate of drug-likeness (QED) is 0.147. The van der Waals surface area contributed by atoms with Gasteiger partial charge in [0.05, 0.1) is 43.5 Å². The lowest BCUT2D eigenvalue weighted by Crippen LogP contribution is -2.59. The van der Waals surface area contributed by atoms with Crippen LogP contribution in [-0.2, 0) is 52.2 Å². The highest BCUT2D eigenvalue weighted by molar-refractivity contribution is 5.91. The molecule has 2 saturated heterocycles. The van der Waals surface area contributed by atoms with Gasteiger partial charge in [-0.3, -0.25) is 9.59 Å². The predicted molar refractivity (Wildman–Crippen MR) is 209 cm³/mol. The second-order valence-electron chi connectivity index (χ2n) is 15.9. The highest BCUT2D eigenvalue weighted by atomic mass is 16.7. The number of allylic oxidation sites excluding steroid dienone is 3. The molecule has 17 atom stereocenters. The van der Waals surface area contributed by atoms with Gasteiger partial charge in [-0.15, -0.1) is 0 Å². The zero-order valence-electron chi connectivity index (χ0n) is 35.9. The molecule has 3 aliphatic heterocycles. The molecular formula is C42H72O15. The molecule has 0 spiro atoms. The standard InChI is InChI=1S/C42H72O15/c1-12-32-29(21-53-42-40(50-11)39(49-10)37(48)27(9)55-42)17-22(4)15-16-30(43)23(5)18-28(19-34(51-13-2)52-14-3)38(24(6)31(44)20-33(45)56-32)57-41-36(47)25(7)35(46)26(8)54-41/h15-17,23-29,31-32,34-42,44,46-48H,12-14,18-21H2,1-11H3/b16-15+,22-17+/t23-,24+,25+,26-,27-,28-,29-,31-,32-,35+,36-,37-,38-,39-,40-,41+,42?/m1/s1. The van der Waals surface area contributed by atoms with Crippen molar-refractivity contribution >= 4 is 11.8 Å². The molecule has 4 N–H and O–H groups in total. The zero-order valence-corrected chi connectivity index (χ0v) is 35.9. The number of ketones is 1. The Morgan fingerprint density at radius 1 is 0.789 bits per heavy atom. The van der Waals surface area contributed by atoms with Gasteiger partial charge >= 0.3 is 5.97 Å². The minimum absolute atomic E-state index is 0.0255. The SMILES string of the molecule is CCOC(C[C@H]1C[C@@H](C)C(=O)/C=C/C(C)=C/[C@H](COC2O[C@H](C)[C@@H](O)[C@@H](OC)[C@H]2OC)[C@@H](CC)OC(=O)C[C@@H](O)[C@H](C)[C@H]1O[C@@H]1O[C@H](C)[C@@H](O)[C@H](C)[C@H]1O)OCC. The fourth-order valence-electron chi connectivity index (χ4n) is 8.06. The predicted octanol–water partition coefficient (Wildman–Crippen LogP) is 3.47. The molecule has 57 heavy (non-hydrogen) atoms. The van der Waals surface area contributed by atoms with Gasteiger partial charge in [0.2, 0.25) is 0 Å². The number of aliphatic hydroxyl groups is 4. The Morgan fingerprint density at radius 3 is 2.00 bits per heavy atom. The highest BCUT2D eigenvalue weighted by Gasteiger charge is 2.47. The van der Waals surface area contributed by atoms with E-state index in [4.69, 9.17) is 42.6 Å². The van der Waals surface area contributed by atoms with Crippen molar-refractivity contribution in [3.05, 3.63) is 23.8 Å². The minimum atomic E-state index is -1.27. The lowest BCUT2D eigenvalue weighted by molar-refractivity contribution is -0.305. The molecule has 0 aromatic rings. The Bertz CT molecular complexity index is 1270. The van der Waals surface area contributed by atoms with Crippen LogP contribution in [0.5, 0.6) is 0 Å². The molecule has 0 aromatic carbocycles. The average molecular weight is 817 g/mol. The van der Waals surface area contributed by atoms with Crippen LogP contribution >= 0.6 is 0 Å². The van der Waals surface area contributed by atoms with E-state index in [0.29, 0.717) is 19.6 Å². The van der Waals surface area contributed by atoms with Crippen molar-refractivity contribution in [2.45, 2.75) is 168 Å². The summed E-state index contributed by atoms with van der Waals surface area (Å²) in [7, 11) is 2.95. The number of methoxy groups -OCH3 is 2. The van der Waals surface area contributed by atoms with Crippen molar-refractivity contribution in [3.8, 4) is 0 Å². The van der Waals surface area contributed by atoms with Crippen LogP contribution in [0.25, 0.3) is 0 Å². The molecular weight excluding hydrogens is 744 g/mol. The molecule has 0 bridgehead atoms. The number of carbonyl (C=O) groups excluding carboxylic acids is 2. The summed E-state index contributed by atoms with van der Waals surface area (Å²) >= 11 is 0. The Hall–Kier alpha value is -1.86. The molecule has 0 amide bonds. The number of hydrogen-bond donors (Lipinski definition) is 4. The summed E-state index contributed by atoms with van der Waals surface area (Å²) in [5.74, 6) is -3.61. The van der Waals surface area contributed by atoms with E-state index in [0.717, 1.165) is 5.57 Å². The van der Waals surface area contributed by atoms with Crippen molar-refractivity contribution in [1.29, 1.82) is 0 Å². The van der Waals surface area contributed by atoms with Gasteiger partial charge in [0.25, 0.3) is 0 Å². The van der Waals surface area contributed by atoms with Gasteiger partial charge in [-0.2, -0.15) is 0 Å². The first-order chi connectivity index (χ1) is 27.0. The van der Waals surface area contributed by atoms with Crippen molar-refractivity contribution in [1.82, 2.24) is 0 Å². The van der Waals surface area contributed by atoms with Gasteiger partial charge in [0.1, 0.15) is 30.5 Å². The van der Waals surface area contributed by atoms with Crippen LogP contribution in [0.4, 0.5) is 0 Å². The summed E-state index contributed by atoms with van der Waals surface area (Å²) < 4.78 is 53.9.